The van der Waals surface area contributed by atoms with E-state index in [-0.39, 0.29) is 0 Å². The maximum Gasteiger partial charge on any atom is 0.136 e. The first-order valence-corrected chi connectivity index (χ1v) is 7.71. The fourth-order valence-corrected chi connectivity index (χ4v) is 2.74. The van der Waals surface area contributed by atoms with E-state index in [9.17, 15) is 0 Å². The van der Waals surface area contributed by atoms with E-state index in [4.69, 9.17) is 4.42 Å². The third-order valence-electron chi connectivity index (χ3n) is 3.89. The molecular formula is C22H16O. The molecule has 0 atom stereocenters. The summed E-state index contributed by atoms with van der Waals surface area (Å²) in [6.45, 7) is 0. The van der Waals surface area contributed by atoms with Crippen LogP contribution in [0.25, 0.3) is 22.6 Å². The normalized spacial score (nSPS) is 11.7. The van der Waals surface area contributed by atoms with E-state index in [1.165, 1.54) is 0 Å². The molecule has 0 aliphatic carbocycles. The Morgan fingerprint density at radius 2 is 1.35 bits per heavy atom. The lowest BCUT2D eigenvalue weighted by Gasteiger charge is -2.05. The van der Waals surface area contributed by atoms with Crippen LogP contribution in [-0.4, -0.2) is 0 Å². The maximum absolute atomic E-state index is 6.09. The first kappa shape index (κ1) is 13.6. The molecule has 0 unspecified atom stereocenters. The molecule has 0 N–H and O–H groups in total. The predicted molar refractivity (Wildman–Crippen MR) is 96.1 cm³/mol. The van der Waals surface area contributed by atoms with Crippen LogP contribution < -0.4 is 0 Å². The molecule has 0 aliphatic rings. The summed E-state index contributed by atoms with van der Waals surface area (Å²) in [6, 6.07) is 30.9. The van der Waals surface area contributed by atoms with E-state index in [1.54, 1.807) is 0 Å². The summed E-state index contributed by atoms with van der Waals surface area (Å²) in [5.41, 5.74) is 4.31. The average molecular weight is 296 g/mol. The molecule has 0 bridgehead atoms. The van der Waals surface area contributed by atoms with Gasteiger partial charge >= 0.3 is 0 Å². The number of rotatable bonds is 3. The average Bonchev–Trinajstić information content (AvgIpc) is 3.05. The van der Waals surface area contributed by atoms with Gasteiger partial charge in [0, 0.05) is 11.0 Å². The molecule has 4 aromatic rings. The Morgan fingerprint density at radius 3 is 2.09 bits per heavy atom. The summed E-state index contributed by atoms with van der Waals surface area (Å²) in [6.07, 6.45) is 2.17. The zero-order valence-corrected chi connectivity index (χ0v) is 12.6. The van der Waals surface area contributed by atoms with Crippen molar-refractivity contribution in [3.05, 3.63) is 108 Å². The van der Waals surface area contributed by atoms with Crippen molar-refractivity contribution < 1.29 is 4.42 Å². The quantitative estimate of drug-likeness (QED) is 0.421. The van der Waals surface area contributed by atoms with Gasteiger partial charge in [0.1, 0.15) is 11.3 Å². The first-order chi connectivity index (χ1) is 11.4. The highest BCUT2D eigenvalue weighted by molar-refractivity contribution is 5.93. The molecule has 0 saturated heterocycles. The number of furan rings is 1. The Morgan fingerprint density at radius 1 is 0.696 bits per heavy atom. The standard InChI is InChI=1S/C22H16O/c1-3-9-17(10-4-1)15-20(18-11-5-2-6-12-18)22-16-19-13-7-8-14-21(19)23-22/h1-16H/b20-15+. The molecule has 0 spiro atoms. The van der Waals surface area contributed by atoms with Crippen LogP contribution in [0.3, 0.4) is 0 Å². The van der Waals surface area contributed by atoms with E-state index in [0.717, 1.165) is 33.4 Å². The monoisotopic (exact) mass is 296 g/mol. The number of fused-ring (bicyclic) bond motifs is 1. The smallest absolute Gasteiger partial charge is 0.136 e. The van der Waals surface area contributed by atoms with Gasteiger partial charge in [-0.1, -0.05) is 78.9 Å². The molecule has 1 heterocycles. The third-order valence-corrected chi connectivity index (χ3v) is 3.89. The van der Waals surface area contributed by atoms with Crippen LogP contribution >= 0.6 is 0 Å². The van der Waals surface area contributed by atoms with Crippen molar-refractivity contribution in [1.82, 2.24) is 0 Å². The largest absolute Gasteiger partial charge is 0.456 e. The van der Waals surface area contributed by atoms with Gasteiger partial charge in [0.05, 0.1) is 0 Å². The minimum absolute atomic E-state index is 0.890. The molecule has 0 radical (unpaired) electrons. The predicted octanol–water partition coefficient (Wildman–Crippen LogP) is 6.02. The van der Waals surface area contributed by atoms with Gasteiger partial charge in [-0.3, -0.25) is 0 Å². The summed E-state index contributed by atoms with van der Waals surface area (Å²) in [5, 5.41) is 1.12. The highest BCUT2D eigenvalue weighted by atomic mass is 16.3. The Balaban J connectivity index is 1.90. The van der Waals surface area contributed by atoms with Crippen molar-refractivity contribution in [1.29, 1.82) is 0 Å². The molecule has 0 amide bonds. The lowest BCUT2D eigenvalue weighted by atomic mass is 10.0. The van der Waals surface area contributed by atoms with Crippen LogP contribution in [0, 0.1) is 0 Å². The van der Waals surface area contributed by atoms with E-state index in [1.807, 2.05) is 42.5 Å². The first-order valence-electron chi connectivity index (χ1n) is 7.71. The van der Waals surface area contributed by atoms with Crippen LogP contribution in [0.15, 0.2) is 95.4 Å². The molecule has 23 heavy (non-hydrogen) atoms. The molecule has 3 aromatic carbocycles. The van der Waals surface area contributed by atoms with Gasteiger partial charge in [-0.05, 0) is 29.3 Å². The van der Waals surface area contributed by atoms with E-state index in [2.05, 4.69) is 54.6 Å². The fourth-order valence-electron chi connectivity index (χ4n) is 2.74. The molecular weight excluding hydrogens is 280 g/mol. The molecule has 0 saturated carbocycles. The molecule has 110 valence electrons. The van der Waals surface area contributed by atoms with Crippen molar-refractivity contribution in [2.75, 3.05) is 0 Å². The van der Waals surface area contributed by atoms with E-state index >= 15 is 0 Å². The highest BCUT2D eigenvalue weighted by Crippen LogP contribution is 2.30. The van der Waals surface area contributed by atoms with Crippen molar-refractivity contribution in [2.45, 2.75) is 0 Å². The Hall–Kier alpha value is -3.06. The second kappa shape index (κ2) is 5.98. The van der Waals surface area contributed by atoms with Crippen molar-refractivity contribution >= 4 is 22.6 Å². The fraction of sp³-hybridized carbons (Fsp3) is 0. The maximum atomic E-state index is 6.09. The topological polar surface area (TPSA) is 13.1 Å². The summed E-state index contributed by atoms with van der Waals surface area (Å²) in [4.78, 5) is 0. The zero-order chi connectivity index (χ0) is 15.5. The highest BCUT2D eigenvalue weighted by Gasteiger charge is 2.11. The lowest BCUT2D eigenvalue weighted by Crippen LogP contribution is -1.85. The third kappa shape index (κ3) is 2.82. The number of hydrogen-bond donors (Lipinski definition) is 0. The molecule has 1 aromatic heterocycles. The molecule has 1 nitrogen and oxygen atoms in total. The van der Waals surface area contributed by atoms with Crippen molar-refractivity contribution in [2.24, 2.45) is 0 Å². The Kier molecular flexibility index (Phi) is 3.53. The van der Waals surface area contributed by atoms with Crippen LogP contribution in [0.4, 0.5) is 0 Å². The van der Waals surface area contributed by atoms with Crippen molar-refractivity contribution in [3.8, 4) is 0 Å². The second-order valence-electron chi connectivity index (χ2n) is 5.48. The van der Waals surface area contributed by atoms with Gasteiger partial charge in [-0.15, -0.1) is 0 Å². The molecule has 4 rings (SSSR count). The van der Waals surface area contributed by atoms with Gasteiger partial charge in [0.15, 0.2) is 0 Å². The van der Waals surface area contributed by atoms with Crippen LogP contribution in [0.1, 0.15) is 16.9 Å². The summed E-state index contributed by atoms with van der Waals surface area (Å²) in [7, 11) is 0. The Labute approximate surface area is 135 Å². The Bertz CT molecular complexity index is 914. The van der Waals surface area contributed by atoms with Crippen LogP contribution in [0.5, 0.6) is 0 Å². The second-order valence-corrected chi connectivity index (χ2v) is 5.48. The molecule has 1 heteroatoms. The minimum Gasteiger partial charge on any atom is -0.456 e. The number of hydrogen-bond acceptors (Lipinski definition) is 1. The SMILES string of the molecule is C(=C(/c1ccccc1)c1cc2ccccc2o1)/c1ccccc1. The van der Waals surface area contributed by atoms with Crippen molar-refractivity contribution in [3.63, 3.8) is 0 Å². The molecule has 0 aliphatic heterocycles. The number of para-hydroxylation sites is 1. The van der Waals surface area contributed by atoms with Gasteiger partial charge in [-0.25, -0.2) is 0 Å². The number of benzene rings is 3. The zero-order valence-electron chi connectivity index (χ0n) is 12.6. The van der Waals surface area contributed by atoms with Gasteiger partial charge in [0.2, 0.25) is 0 Å². The van der Waals surface area contributed by atoms with Gasteiger partial charge in [-0.2, -0.15) is 0 Å². The van der Waals surface area contributed by atoms with Crippen LogP contribution in [-0.2, 0) is 0 Å². The van der Waals surface area contributed by atoms with Gasteiger partial charge < -0.3 is 4.42 Å². The van der Waals surface area contributed by atoms with Gasteiger partial charge in [0.25, 0.3) is 0 Å². The van der Waals surface area contributed by atoms with E-state index < -0.39 is 0 Å². The minimum atomic E-state index is 0.890. The molecule has 0 fully saturated rings. The van der Waals surface area contributed by atoms with Crippen LogP contribution in [0.2, 0.25) is 0 Å². The summed E-state index contributed by atoms with van der Waals surface area (Å²) >= 11 is 0. The summed E-state index contributed by atoms with van der Waals surface area (Å²) in [5.74, 6) is 0.890. The van der Waals surface area contributed by atoms with E-state index in [0.29, 0.717) is 0 Å². The lowest BCUT2D eigenvalue weighted by molar-refractivity contribution is 0.601. The summed E-state index contributed by atoms with van der Waals surface area (Å²) < 4.78 is 6.09.